The van der Waals surface area contributed by atoms with Crippen LogP contribution in [0.3, 0.4) is 0 Å². The fourth-order valence-corrected chi connectivity index (χ4v) is 5.12. The SMILES string of the molecule is Cc1ncc2[nH]c(C(=O)NC3CCC[Si](C)(C)NC3)cc2c1F. The zero-order valence-electron chi connectivity index (χ0n) is 13.8. The Morgan fingerprint density at radius 2 is 2.26 bits per heavy atom. The lowest BCUT2D eigenvalue weighted by Gasteiger charge is -2.22. The second-order valence-electron chi connectivity index (χ2n) is 7.00. The van der Waals surface area contributed by atoms with E-state index in [1.54, 1.807) is 19.2 Å². The molecule has 124 valence electrons. The van der Waals surface area contributed by atoms with Gasteiger partial charge in [-0.25, -0.2) is 4.39 Å². The number of nitrogens with one attached hydrogen (secondary N) is 3. The molecule has 1 unspecified atom stereocenters. The van der Waals surface area contributed by atoms with Gasteiger partial charge in [-0.15, -0.1) is 0 Å². The number of aromatic nitrogens is 2. The monoisotopic (exact) mass is 334 g/mol. The van der Waals surface area contributed by atoms with Crippen molar-refractivity contribution in [2.75, 3.05) is 6.54 Å². The van der Waals surface area contributed by atoms with E-state index in [1.807, 2.05) is 0 Å². The Bertz CT molecular complexity index is 743. The molecule has 3 rings (SSSR count). The second kappa shape index (κ2) is 6.05. The summed E-state index contributed by atoms with van der Waals surface area (Å²) < 4.78 is 14.1. The zero-order chi connectivity index (χ0) is 16.6. The Kier molecular flexibility index (Phi) is 4.24. The minimum absolute atomic E-state index is 0.118. The van der Waals surface area contributed by atoms with Gasteiger partial charge in [0, 0.05) is 18.0 Å². The van der Waals surface area contributed by atoms with Crippen molar-refractivity contribution in [2.24, 2.45) is 0 Å². The first kappa shape index (κ1) is 16.1. The number of carbonyl (C=O) groups is 1. The first-order valence-corrected chi connectivity index (χ1v) is 11.3. The van der Waals surface area contributed by atoms with Crippen LogP contribution in [0.2, 0.25) is 19.1 Å². The summed E-state index contributed by atoms with van der Waals surface area (Å²) in [5.74, 6) is -0.562. The maximum atomic E-state index is 14.1. The average molecular weight is 334 g/mol. The number of halogens is 1. The third-order valence-electron chi connectivity index (χ3n) is 4.55. The first-order valence-electron chi connectivity index (χ1n) is 8.05. The van der Waals surface area contributed by atoms with Crippen molar-refractivity contribution in [3.05, 3.63) is 29.5 Å². The molecule has 0 bridgehead atoms. The lowest BCUT2D eigenvalue weighted by atomic mass is 10.1. The summed E-state index contributed by atoms with van der Waals surface area (Å²) in [5.41, 5.74) is 1.27. The highest BCUT2D eigenvalue weighted by Gasteiger charge is 2.26. The number of nitrogens with zero attached hydrogens (tertiary/aromatic N) is 1. The van der Waals surface area contributed by atoms with Gasteiger partial charge in [-0.1, -0.05) is 19.5 Å². The van der Waals surface area contributed by atoms with Gasteiger partial charge >= 0.3 is 0 Å². The standard InChI is InChI=1S/C16H23FN4OSi/c1-10-15(17)12-7-13(21-14(12)9-18-10)16(22)20-11-5-4-6-23(2,3)19-8-11/h7,9,11,19,21H,4-6,8H2,1-3H3,(H,20,22). The Labute approximate surface area is 136 Å². The lowest BCUT2D eigenvalue weighted by Crippen LogP contribution is -2.49. The summed E-state index contributed by atoms with van der Waals surface area (Å²) in [6.45, 7) is 7.05. The van der Waals surface area contributed by atoms with E-state index in [-0.39, 0.29) is 17.8 Å². The van der Waals surface area contributed by atoms with Gasteiger partial charge in [0.25, 0.3) is 5.91 Å². The van der Waals surface area contributed by atoms with Gasteiger partial charge in [-0.2, -0.15) is 0 Å². The average Bonchev–Trinajstić information content (AvgIpc) is 2.86. The van der Waals surface area contributed by atoms with E-state index in [2.05, 4.69) is 33.4 Å². The van der Waals surface area contributed by atoms with E-state index in [1.165, 1.54) is 6.04 Å². The molecule has 1 aliphatic rings. The Balaban J connectivity index is 1.75. The lowest BCUT2D eigenvalue weighted by molar-refractivity contribution is 0.0931. The first-order chi connectivity index (χ1) is 10.9. The second-order valence-corrected chi connectivity index (χ2v) is 11.6. The van der Waals surface area contributed by atoms with Crippen LogP contribution in [0.15, 0.2) is 12.3 Å². The number of carbonyl (C=O) groups excluding carboxylic acids is 1. The van der Waals surface area contributed by atoms with Crippen LogP contribution in [0.1, 0.15) is 29.0 Å². The molecule has 1 amide bonds. The summed E-state index contributed by atoms with van der Waals surface area (Å²) in [4.78, 5) is 23.0. The molecule has 2 aromatic heterocycles. The third-order valence-corrected chi connectivity index (χ3v) is 7.32. The van der Waals surface area contributed by atoms with Gasteiger partial charge in [-0.05, 0) is 25.5 Å². The van der Waals surface area contributed by atoms with Crippen molar-refractivity contribution in [3.63, 3.8) is 0 Å². The number of amides is 1. The number of fused-ring (bicyclic) bond motifs is 1. The van der Waals surface area contributed by atoms with Gasteiger partial charge in [0.15, 0.2) is 5.82 Å². The molecule has 23 heavy (non-hydrogen) atoms. The summed E-state index contributed by atoms with van der Waals surface area (Å²) in [6.07, 6.45) is 3.66. The molecule has 0 saturated carbocycles. The summed E-state index contributed by atoms with van der Waals surface area (Å²) >= 11 is 0. The smallest absolute Gasteiger partial charge is 0.267 e. The fraction of sp³-hybridized carbons (Fsp3) is 0.500. The molecule has 0 radical (unpaired) electrons. The van der Waals surface area contributed by atoms with Gasteiger partial charge in [0.2, 0.25) is 0 Å². The van der Waals surface area contributed by atoms with Gasteiger partial charge in [0.05, 0.1) is 17.4 Å². The summed E-state index contributed by atoms with van der Waals surface area (Å²) in [5, 5.41) is 3.47. The van der Waals surface area contributed by atoms with Crippen LogP contribution in [0.25, 0.3) is 10.9 Å². The number of hydrogen-bond donors (Lipinski definition) is 3. The molecular weight excluding hydrogens is 311 g/mol. The van der Waals surface area contributed by atoms with Crippen LogP contribution in [-0.2, 0) is 0 Å². The molecule has 5 nitrogen and oxygen atoms in total. The van der Waals surface area contributed by atoms with Crippen molar-refractivity contribution in [2.45, 2.75) is 44.9 Å². The van der Waals surface area contributed by atoms with Crippen molar-refractivity contribution in [1.82, 2.24) is 20.3 Å². The third kappa shape index (κ3) is 3.45. The van der Waals surface area contributed by atoms with E-state index in [4.69, 9.17) is 0 Å². The number of aryl methyl sites for hydroxylation is 1. The molecule has 2 aromatic rings. The maximum Gasteiger partial charge on any atom is 0.267 e. The summed E-state index contributed by atoms with van der Waals surface area (Å²) in [7, 11) is -1.32. The molecule has 3 N–H and O–H groups in total. The number of aromatic amines is 1. The molecule has 1 saturated heterocycles. The highest BCUT2D eigenvalue weighted by atomic mass is 28.3. The van der Waals surface area contributed by atoms with Crippen LogP contribution in [0.4, 0.5) is 4.39 Å². The number of hydrogen-bond acceptors (Lipinski definition) is 3. The van der Waals surface area contributed by atoms with Gasteiger partial charge in [-0.3, -0.25) is 9.78 Å². The molecule has 1 fully saturated rings. The topological polar surface area (TPSA) is 69.8 Å². The van der Waals surface area contributed by atoms with Crippen molar-refractivity contribution >= 4 is 25.0 Å². The van der Waals surface area contributed by atoms with Crippen LogP contribution in [-0.4, -0.2) is 36.7 Å². The number of rotatable bonds is 2. The molecule has 0 spiro atoms. The number of H-pyrrole nitrogens is 1. The highest BCUT2D eigenvalue weighted by molar-refractivity contribution is 6.75. The summed E-state index contributed by atoms with van der Waals surface area (Å²) in [6, 6.07) is 2.91. The Morgan fingerprint density at radius 1 is 1.48 bits per heavy atom. The van der Waals surface area contributed by atoms with E-state index in [0.29, 0.717) is 22.3 Å². The van der Waals surface area contributed by atoms with Crippen LogP contribution in [0.5, 0.6) is 0 Å². The fourth-order valence-electron chi connectivity index (χ4n) is 3.06. The van der Waals surface area contributed by atoms with Gasteiger partial charge < -0.3 is 15.3 Å². The largest absolute Gasteiger partial charge is 0.349 e. The minimum atomic E-state index is -1.32. The van der Waals surface area contributed by atoms with Crippen molar-refractivity contribution in [1.29, 1.82) is 0 Å². The van der Waals surface area contributed by atoms with Gasteiger partial charge in [0.1, 0.15) is 13.9 Å². The Morgan fingerprint density at radius 3 is 3.04 bits per heavy atom. The Hall–Kier alpha value is -1.73. The van der Waals surface area contributed by atoms with E-state index < -0.39 is 8.24 Å². The predicted molar refractivity (Wildman–Crippen MR) is 91.6 cm³/mol. The molecule has 1 aliphatic heterocycles. The van der Waals surface area contributed by atoms with Crippen molar-refractivity contribution in [3.8, 4) is 0 Å². The van der Waals surface area contributed by atoms with Crippen molar-refractivity contribution < 1.29 is 9.18 Å². The molecule has 0 aliphatic carbocycles. The molecule has 1 atom stereocenters. The van der Waals surface area contributed by atoms with Crippen LogP contribution in [0, 0.1) is 12.7 Å². The van der Waals surface area contributed by atoms with E-state index >= 15 is 0 Å². The highest BCUT2D eigenvalue weighted by Crippen LogP contribution is 2.20. The molecule has 0 aromatic carbocycles. The zero-order valence-corrected chi connectivity index (χ0v) is 14.8. The molecule has 7 heteroatoms. The van der Waals surface area contributed by atoms with Crippen LogP contribution >= 0.6 is 0 Å². The molecular formula is C16H23FN4OSi. The predicted octanol–water partition coefficient (Wildman–Crippen LogP) is 2.70. The van der Waals surface area contributed by atoms with E-state index in [0.717, 1.165) is 19.4 Å². The minimum Gasteiger partial charge on any atom is -0.349 e. The quantitative estimate of drug-likeness (QED) is 0.740. The van der Waals surface area contributed by atoms with E-state index in [9.17, 15) is 9.18 Å². The molecule has 3 heterocycles. The maximum absolute atomic E-state index is 14.1. The van der Waals surface area contributed by atoms with Crippen LogP contribution < -0.4 is 10.3 Å². The normalized spacial score (nSPS) is 21.1. The number of pyridine rings is 1.